The van der Waals surface area contributed by atoms with E-state index in [-0.39, 0.29) is 32.6 Å². The fourth-order valence-electron chi connectivity index (χ4n) is 1.35. The Morgan fingerprint density at radius 1 is 0.773 bits per heavy atom. The molecule has 4 N–H and O–H groups in total. The third-order valence-corrected chi connectivity index (χ3v) is 4.09. The summed E-state index contributed by atoms with van der Waals surface area (Å²) >= 11 is 0. The summed E-state index contributed by atoms with van der Waals surface area (Å²) in [5.74, 6) is 0. The van der Waals surface area contributed by atoms with Crippen LogP contribution in [-0.2, 0) is 13.6 Å². The number of aliphatic hydroxyl groups excluding tert-OH is 4. The molecule has 0 aromatic rings. The maximum absolute atomic E-state index is 12.6. The Morgan fingerprint density at radius 3 is 1.55 bits per heavy atom. The Morgan fingerprint density at radius 2 is 1.18 bits per heavy atom. The normalized spacial score (nSPS) is 15.7. The van der Waals surface area contributed by atoms with Crippen LogP contribution < -0.4 is 0 Å². The van der Waals surface area contributed by atoms with Gasteiger partial charge in [0.05, 0.1) is 38.3 Å². The molecule has 0 rings (SSSR count). The van der Waals surface area contributed by atoms with E-state index in [2.05, 4.69) is 0 Å². The molecule has 0 aliphatic heterocycles. The largest absolute Gasteiger partial charge is 0.516 e. The van der Waals surface area contributed by atoms with Crippen molar-refractivity contribution in [3.63, 3.8) is 0 Å². The molecule has 0 aliphatic carbocycles. The number of nitrogens with zero attached hydrogens (tertiary/aromatic N) is 1. The zero-order valence-electron chi connectivity index (χ0n) is 12.1. The molecule has 8 nitrogen and oxygen atoms in total. The van der Waals surface area contributed by atoms with Crippen LogP contribution in [0.3, 0.4) is 0 Å². The number of hydrogen-bond acceptors (Lipinski definition) is 8. The first-order chi connectivity index (χ1) is 10.6. The first-order valence-corrected chi connectivity index (χ1v) is 8.12. The van der Waals surface area contributed by atoms with Crippen molar-refractivity contribution < 1.29 is 34.0 Å². The van der Waals surface area contributed by atoms with Crippen LogP contribution in [0.4, 0.5) is 0 Å². The first kappa shape index (κ1) is 20.3. The third-order valence-electron chi connectivity index (χ3n) is 2.26. The van der Waals surface area contributed by atoms with Gasteiger partial charge in [0.2, 0.25) is 0 Å². The van der Waals surface area contributed by atoms with Gasteiger partial charge in [-0.1, -0.05) is 0 Å². The molecule has 0 amide bonds. The average Bonchev–Trinajstić information content (AvgIpc) is 2.50. The summed E-state index contributed by atoms with van der Waals surface area (Å²) < 4.78 is 22.9. The lowest BCUT2D eigenvalue weighted by Gasteiger charge is -2.24. The highest BCUT2D eigenvalue weighted by atomic mass is 31.2. The molecule has 9 heteroatoms. The smallest absolute Gasteiger partial charge is 0.345 e. The van der Waals surface area contributed by atoms with Crippen LogP contribution in [0.5, 0.6) is 0 Å². The third kappa shape index (κ3) is 10.1. The van der Waals surface area contributed by atoms with Gasteiger partial charge in [0.25, 0.3) is 0 Å². The van der Waals surface area contributed by atoms with Crippen LogP contribution >= 0.6 is 7.60 Å². The highest BCUT2D eigenvalue weighted by Gasteiger charge is 2.27. The van der Waals surface area contributed by atoms with E-state index >= 15 is 0 Å². The van der Waals surface area contributed by atoms with Gasteiger partial charge in [-0.25, -0.2) is 0 Å². The molecule has 0 radical (unpaired) electrons. The monoisotopic (exact) mass is 335 g/mol. The molecule has 126 valence electrons. The minimum atomic E-state index is -3.55. The van der Waals surface area contributed by atoms with Crippen LogP contribution in [0, 0.1) is 0 Å². The molecular formula is C13H22NO7P. The lowest BCUT2D eigenvalue weighted by molar-refractivity contribution is 0.215. The Balaban J connectivity index is 4.87. The Hall–Kier alpha value is -1.73. The van der Waals surface area contributed by atoms with Gasteiger partial charge in [0.1, 0.15) is 6.29 Å². The SMILES string of the molecule is O=P(CN(CC=CO)CC=CO)(OCC=CO)OCC=CO. The predicted octanol–water partition coefficient (Wildman–Crippen LogP) is 2.76. The van der Waals surface area contributed by atoms with Gasteiger partial charge in [-0.2, -0.15) is 0 Å². The molecule has 0 heterocycles. The van der Waals surface area contributed by atoms with E-state index in [4.69, 9.17) is 29.5 Å². The van der Waals surface area contributed by atoms with Crippen molar-refractivity contribution in [1.29, 1.82) is 0 Å². The van der Waals surface area contributed by atoms with Crippen LogP contribution in [-0.4, -0.2) is 57.9 Å². The molecule has 0 saturated carbocycles. The lowest BCUT2D eigenvalue weighted by Crippen LogP contribution is -2.26. The molecule has 0 aliphatic rings. The summed E-state index contributed by atoms with van der Waals surface area (Å²) in [4.78, 5) is 1.60. The fourth-order valence-corrected chi connectivity index (χ4v) is 2.93. The van der Waals surface area contributed by atoms with E-state index in [1.807, 2.05) is 0 Å². The van der Waals surface area contributed by atoms with E-state index in [1.165, 1.54) is 24.3 Å². The van der Waals surface area contributed by atoms with E-state index in [1.54, 1.807) is 4.90 Å². The minimum absolute atomic E-state index is 0.111. The summed E-state index contributed by atoms with van der Waals surface area (Å²) in [6.07, 6.45) is 8.48. The van der Waals surface area contributed by atoms with Crippen molar-refractivity contribution in [2.75, 3.05) is 32.6 Å². The van der Waals surface area contributed by atoms with Crippen molar-refractivity contribution in [2.45, 2.75) is 0 Å². The Labute approximate surface area is 129 Å². The zero-order valence-corrected chi connectivity index (χ0v) is 13.0. The van der Waals surface area contributed by atoms with Gasteiger partial charge in [0.15, 0.2) is 0 Å². The molecule has 0 aromatic carbocycles. The molecule has 0 atom stereocenters. The topological polar surface area (TPSA) is 120 Å². The quantitative estimate of drug-likeness (QED) is 0.317. The molecular weight excluding hydrogens is 313 g/mol. The van der Waals surface area contributed by atoms with Gasteiger partial charge in [-0.15, -0.1) is 0 Å². The number of aliphatic hydroxyl groups is 4. The van der Waals surface area contributed by atoms with Gasteiger partial charge >= 0.3 is 7.60 Å². The van der Waals surface area contributed by atoms with E-state index in [9.17, 15) is 4.57 Å². The molecule has 0 bridgehead atoms. The molecule has 0 fully saturated rings. The van der Waals surface area contributed by atoms with E-state index in [0.717, 1.165) is 25.0 Å². The highest BCUT2D eigenvalue weighted by molar-refractivity contribution is 7.53. The van der Waals surface area contributed by atoms with Crippen molar-refractivity contribution >= 4 is 7.60 Å². The summed E-state index contributed by atoms with van der Waals surface area (Å²) in [6.45, 7) is 0.277. The van der Waals surface area contributed by atoms with Gasteiger partial charge in [0, 0.05) is 13.1 Å². The van der Waals surface area contributed by atoms with Crippen molar-refractivity contribution in [1.82, 2.24) is 4.90 Å². The molecule has 0 saturated heterocycles. The standard InChI is InChI=1S/C13H22NO7P/c15-7-1-5-14(6-2-8-16)13-22(19,20-11-3-9-17)21-12-4-10-18/h1-4,7-10,15-18H,5-6,11-13H2. The molecule has 0 spiro atoms. The van der Waals surface area contributed by atoms with Gasteiger partial charge < -0.3 is 29.5 Å². The Kier molecular flexibility index (Phi) is 11.9. The van der Waals surface area contributed by atoms with Crippen LogP contribution in [0.15, 0.2) is 49.4 Å². The second-order valence-corrected chi connectivity index (χ2v) is 5.94. The van der Waals surface area contributed by atoms with Crippen molar-refractivity contribution in [3.8, 4) is 0 Å². The second-order valence-electron chi connectivity index (χ2n) is 3.92. The Bertz CT molecular complexity index is 400. The van der Waals surface area contributed by atoms with Crippen LogP contribution in [0.25, 0.3) is 0 Å². The number of rotatable bonds is 12. The van der Waals surface area contributed by atoms with E-state index < -0.39 is 7.60 Å². The second kappa shape index (κ2) is 13.0. The lowest BCUT2D eigenvalue weighted by atomic mass is 10.5. The zero-order chi connectivity index (χ0) is 16.7. The summed E-state index contributed by atoms with van der Waals surface area (Å²) in [5, 5.41) is 34.6. The van der Waals surface area contributed by atoms with Gasteiger partial charge in [-0.05, 0) is 24.3 Å². The maximum atomic E-state index is 12.6. The molecule has 22 heavy (non-hydrogen) atoms. The molecule has 0 unspecified atom stereocenters. The van der Waals surface area contributed by atoms with Gasteiger partial charge in [-0.3, -0.25) is 9.46 Å². The van der Waals surface area contributed by atoms with Crippen molar-refractivity contribution in [2.24, 2.45) is 0 Å². The minimum Gasteiger partial charge on any atom is -0.516 e. The highest BCUT2D eigenvalue weighted by Crippen LogP contribution is 2.48. The average molecular weight is 335 g/mol. The fraction of sp³-hybridized carbons (Fsp3) is 0.385. The summed E-state index contributed by atoms with van der Waals surface area (Å²) in [6, 6.07) is 0. The maximum Gasteiger partial charge on any atom is 0.345 e. The van der Waals surface area contributed by atoms with Crippen molar-refractivity contribution in [3.05, 3.63) is 49.4 Å². The van der Waals surface area contributed by atoms with Crippen LogP contribution in [0.1, 0.15) is 0 Å². The number of hydrogen-bond donors (Lipinski definition) is 4. The van der Waals surface area contributed by atoms with Crippen LogP contribution in [0.2, 0.25) is 0 Å². The summed E-state index contributed by atoms with van der Waals surface area (Å²) in [5.41, 5.74) is 0. The molecule has 0 aromatic heterocycles. The first-order valence-electron chi connectivity index (χ1n) is 6.39. The predicted molar refractivity (Wildman–Crippen MR) is 83.0 cm³/mol. The summed E-state index contributed by atoms with van der Waals surface area (Å²) in [7, 11) is -3.55. The van der Waals surface area contributed by atoms with E-state index in [0.29, 0.717) is 0 Å².